The van der Waals surface area contributed by atoms with Crippen molar-refractivity contribution in [1.82, 2.24) is 10.6 Å². The van der Waals surface area contributed by atoms with E-state index in [0.29, 0.717) is 12.5 Å². The maximum Gasteiger partial charge on any atom is 0.227 e. The number of piperidine rings is 1. The van der Waals surface area contributed by atoms with E-state index in [4.69, 9.17) is 0 Å². The van der Waals surface area contributed by atoms with Gasteiger partial charge >= 0.3 is 0 Å². The zero-order valence-corrected chi connectivity index (χ0v) is 21.1. The molecule has 1 amide bonds. The highest BCUT2D eigenvalue weighted by molar-refractivity contribution is 14.0. The van der Waals surface area contributed by atoms with Gasteiger partial charge < -0.3 is 20.4 Å². The number of aliphatic imine (C=N–C) groups is 1. The highest BCUT2D eigenvalue weighted by atomic mass is 127. The lowest BCUT2D eigenvalue weighted by atomic mass is 10.0. The van der Waals surface area contributed by atoms with E-state index in [2.05, 4.69) is 56.9 Å². The predicted molar refractivity (Wildman–Crippen MR) is 143 cm³/mol. The van der Waals surface area contributed by atoms with Crippen LogP contribution in [0.15, 0.2) is 59.6 Å². The van der Waals surface area contributed by atoms with Gasteiger partial charge in [-0.2, -0.15) is 0 Å². The number of hydrogen-bond acceptors (Lipinski definition) is 3. The van der Waals surface area contributed by atoms with Crippen LogP contribution in [-0.4, -0.2) is 51.1 Å². The van der Waals surface area contributed by atoms with Crippen LogP contribution in [0.3, 0.4) is 0 Å². The monoisotopic (exact) mass is 547 g/mol. The van der Waals surface area contributed by atoms with Crippen molar-refractivity contribution < 1.29 is 4.79 Å². The molecule has 2 aromatic carbocycles. The fourth-order valence-electron chi connectivity index (χ4n) is 4.49. The Hall–Kier alpha value is -2.29. The van der Waals surface area contributed by atoms with Gasteiger partial charge in [-0.05, 0) is 49.4 Å². The Morgan fingerprint density at radius 1 is 1.03 bits per heavy atom. The summed E-state index contributed by atoms with van der Waals surface area (Å²) in [6, 6.07) is 19.2. The third kappa shape index (κ3) is 6.15. The van der Waals surface area contributed by atoms with Crippen molar-refractivity contribution in [2.45, 2.75) is 38.1 Å². The first-order chi connectivity index (χ1) is 15.2. The molecule has 0 radical (unpaired) electrons. The molecule has 0 atom stereocenters. The standard InChI is InChI=1S/C25H33N5O.HI/c1-26-25(28-21-14-17-29(18-15-21)22-9-3-2-4-10-22)27-16-7-12-24(31)30-19-13-20-8-5-6-11-23(20)30;/h2-6,8-11,21H,7,12-19H2,1H3,(H2,26,27,28);1H. The van der Waals surface area contributed by atoms with Gasteiger partial charge in [0.2, 0.25) is 5.91 Å². The van der Waals surface area contributed by atoms with Crippen LogP contribution in [-0.2, 0) is 11.2 Å². The van der Waals surface area contributed by atoms with E-state index in [1.165, 1.54) is 11.3 Å². The van der Waals surface area contributed by atoms with E-state index in [1.807, 2.05) is 23.1 Å². The second kappa shape index (κ2) is 12.1. The highest BCUT2D eigenvalue weighted by Crippen LogP contribution is 2.28. The van der Waals surface area contributed by atoms with Crippen molar-refractivity contribution in [3.8, 4) is 0 Å². The van der Waals surface area contributed by atoms with Gasteiger partial charge in [-0.25, -0.2) is 0 Å². The zero-order valence-electron chi connectivity index (χ0n) is 18.8. The van der Waals surface area contributed by atoms with Crippen molar-refractivity contribution in [2.24, 2.45) is 4.99 Å². The summed E-state index contributed by atoms with van der Waals surface area (Å²) < 4.78 is 0. The van der Waals surface area contributed by atoms with Crippen molar-refractivity contribution in [2.75, 3.05) is 43.0 Å². The minimum absolute atomic E-state index is 0. The second-order valence-electron chi connectivity index (χ2n) is 8.27. The molecule has 2 N–H and O–H groups in total. The van der Waals surface area contributed by atoms with Gasteiger partial charge in [0, 0.05) is 57.1 Å². The number of nitrogens with one attached hydrogen (secondary N) is 2. The molecule has 2 aliphatic rings. The van der Waals surface area contributed by atoms with Crippen molar-refractivity contribution in [3.63, 3.8) is 0 Å². The number of guanidine groups is 1. The van der Waals surface area contributed by atoms with Gasteiger partial charge in [-0.3, -0.25) is 9.79 Å². The lowest BCUT2D eigenvalue weighted by molar-refractivity contribution is -0.118. The van der Waals surface area contributed by atoms with E-state index in [0.717, 1.165) is 63.5 Å². The van der Waals surface area contributed by atoms with Crippen LogP contribution < -0.4 is 20.4 Å². The summed E-state index contributed by atoms with van der Waals surface area (Å²) >= 11 is 0. The number of hydrogen-bond donors (Lipinski definition) is 2. The van der Waals surface area contributed by atoms with Crippen molar-refractivity contribution in [1.29, 1.82) is 0 Å². The molecule has 0 saturated carbocycles. The Kier molecular flexibility index (Phi) is 9.20. The number of rotatable bonds is 6. The number of carbonyl (C=O) groups is 1. The second-order valence-corrected chi connectivity index (χ2v) is 8.27. The first-order valence-electron chi connectivity index (χ1n) is 11.4. The number of nitrogens with zero attached hydrogens (tertiary/aromatic N) is 3. The Morgan fingerprint density at radius 3 is 2.50 bits per heavy atom. The van der Waals surface area contributed by atoms with Gasteiger partial charge in [0.25, 0.3) is 0 Å². The molecule has 172 valence electrons. The summed E-state index contributed by atoms with van der Waals surface area (Å²) in [5.41, 5.74) is 3.66. The van der Waals surface area contributed by atoms with Crippen LogP contribution >= 0.6 is 24.0 Å². The maximum atomic E-state index is 12.6. The van der Waals surface area contributed by atoms with Crippen molar-refractivity contribution >= 4 is 47.2 Å². The first kappa shape index (κ1) is 24.4. The molecule has 6 nitrogen and oxygen atoms in total. The molecule has 0 bridgehead atoms. The molecule has 0 spiro atoms. The molecule has 7 heteroatoms. The fraction of sp³-hybridized carbons (Fsp3) is 0.440. The van der Waals surface area contributed by atoms with E-state index in [9.17, 15) is 4.79 Å². The van der Waals surface area contributed by atoms with Crippen LogP contribution in [0.5, 0.6) is 0 Å². The van der Waals surface area contributed by atoms with Crippen molar-refractivity contribution in [3.05, 3.63) is 60.2 Å². The van der Waals surface area contributed by atoms with Crippen LogP contribution in [0.1, 0.15) is 31.2 Å². The SMILES string of the molecule is CN=C(NCCCC(=O)N1CCc2ccccc21)NC1CCN(c2ccccc2)CC1.I. The number of amides is 1. The number of halogens is 1. The van der Waals surface area contributed by atoms with E-state index < -0.39 is 0 Å². The number of benzene rings is 2. The van der Waals surface area contributed by atoms with E-state index >= 15 is 0 Å². The molecule has 2 aromatic rings. The first-order valence-corrected chi connectivity index (χ1v) is 11.4. The van der Waals surface area contributed by atoms with Gasteiger partial charge in [0.15, 0.2) is 5.96 Å². The minimum Gasteiger partial charge on any atom is -0.371 e. The van der Waals surface area contributed by atoms with Gasteiger partial charge in [0.1, 0.15) is 0 Å². The van der Waals surface area contributed by atoms with Gasteiger partial charge in [0.05, 0.1) is 0 Å². The van der Waals surface area contributed by atoms with Crippen LogP contribution in [0.25, 0.3) is 0 Å². The molecule has 1 fully saturated rings. The third-order valence-corrected chi connectivity index (χ3v) is 6.23. The summed E-state index contributed by atoms with van der Waals surface area (Å²) in [5, 5.41) is 6.93. The van der Waals surface area contributed by atoms with Crippen LogP contribution in [0.2, 0.25) is 0 Å². The average molecular weight is 547 g/mol. The summed E-state index contributed by atoms with van der Waals surface area (Å²) in [7, 11) is 1.81. The fourth-order valence-corrected chi connectivity index (χ4v) is 4.49. The molecular weight excluding hydrogens is 513 g/mol. The molecule has 32 heavy (non-hydrogen) atoms. The maximum absolute atomic E-state index is 12.6. The summed E-state index contributed by atoms with van der Waals surface area (Å²) in [4.78, 5) is 21.4. The van der Waals surface area contributed by atoms with Gasteiger partial charge in [-0.15, -0.1) is 24.0 Å². The molecule has 2 heterocycles. The summed E-state index contributed by atoms with van der Waals surface area (Å²) in [6.45, 7) is 3.63. The molecule has 4 rings (SSSR count). The van der Waals surface area contributed by atoms with E-state index in [-0.39, 0.29) is 29.9 Å². The molecule has 1 saturated heterocycles. The quantitative estimate of drug-likeness (QED) is 0.250. The lowest BCUT2D eigenvalue weighted by Gasteiger charge is -2.34. The minimum atomic E-state index is 0. The van der Waals surface area contributed by atoms with Crippen LogP contribution in [0.4, 0.5) is 11.4 Å². The lowest BCUT2D eigenvalue weighted by Crippen LogP contribution is -2.49. The summed E-state index contributed by atoms with van der Waals surface area (Å²) in [5.74, 6) is 1.04. The predicted octanol–water partition coefficient (Wildman–Crippen LogP) is 3.81. The smallest absolute Gasteiger partial charge is 0.227 e. The summed E-state index contributed by atoms with van der Waals surface area (Å²) in [6.07, 6.45) is 4.48. The number of para-hydroxylation sites is 2. The van der Waals surface area contributed by atoms with Crippen LogP contribution in [0, 0.1) is 0 Å². The number of carbonyl (C=O) groups excluding carboxylic acids is 1. The molecule has 0 unspecified atom stereocenters. The zero-order chi connectivity index (χ0) is 21.5. The molecule has 0 aromatic heterocycles. The third-order valence-electron chi connectivity index (χ3n) is 6.23. The Balaban J connectivity index is 0.00000289. The highest BCUT2D eigenvalue weighted by Gasteiger charge is 2.23. The number of fused-ring (bicyclic) bond motifs is 1. The topological polar surface area (TPSA) is 60.0 Å². The molecule has 2 aliphatic heterocycles. The van der Waals surface area contributed by atoms with Gasteiger partial charge in [-0.1, -0.05) is 36.4 Å². The van der Waals surface area contributed by atoms with E-state index in [1.54, 1.807) is 7.05 Å². The molecular formula is C25H34IN5O. The Morgan fingerprint density at radius 2 is 1.75 bits per heavy atom. The normalized spacial score (nSPS) is 16.3. The largest absolute Gasteiger partial charge is 0.371 e. The average Bonchev–Trinajstić information content (AvgIpc) is 3.26. The Bertz CT molecular complexity index is 896. The number of anilines is 2. The Labute approximate surface area is 208 Å². The molecule has 0 aliphatic carbocycles.